The van der Waals surface area contributed by atoms with Gasteiger partial charge in [0.05, 0.1) is 17.7 Å². The molecule has 0 atom stereocenters. The molecule has 0 bridgehead atoms. The Bertz CT molecular complexity index is 759. The molecule has 0 saturated carbocycles. The molecule has 1 heterocycles. The predicted octanol–water partition coefficient (Wildman–Crippen LogP) is 2.18. The van der Waals surface area contributed by atoms with Crippen LogP contribution in [0.1, 0.15) is 36.6 Å². The number of carbonyl (C=O) groups is 3. The van der Waals surface area contributed by atoms with Crippen molar-refractivity contribution in [1.29, 1.82) is 0 Å². The molecule has 0 unspecified atom stereocenters. The minimum Gasteiger partial charge on any atom is -0.345 e. The smallest absolute Gasteiger partial charge is 0.261 e. The molecule has 3 rings (SSSR count). The van der Waals surface area contributed by atoms with Crippen LogP contribution in [-0.4, -0.2) is 41.6 Å². The van der Waals surface area contributed by atoms with Gasteiger partial charge in [-0.05, 0) is 29.8 Å². The first-order valence-corrected chi connectivity index (χ1v) is 7.25. The maximum Gasteiger partial charge on any atom is 0.261 e. The monoisotopic (exact) mass is 308 g/mol. The summed E-state index contributed by atoms with van der Waals surface area (Å²) < 4.78 is 0. The number of fused-ring (bicyclic) bond motifs is 1. The van der Waals surface area contributed by atoms with E-state index < -0.39 is 0 Å². The van der Waals surface area contributed by atoms with Crippen molar-refractivity contribution in [2.24, 2.45) is 0 Å². The molecule has 0 saturated heterocycles. The average Bonchev–Trinajstić information content (AvgIpc) is 2.80. The van der Waals surface area contributed by atoms with Crippen molar-refractivity contribution >= 4 is 17.7 Å². The molecule has 0 spiro atoms. The number of hydrogen-bond donors (Lipinski definition) is 0. The third-order valence-electron chi connectivity index (χ3n) is 3.83. The summed E-state index contributed by atoms with van der Waals surface area (Å²) >= 11 is 0. The van der Waals surface area contributed by atoms with Crippen LogP contribution in [0.4, 0.5) is 0 Å². The fraction of sp³-hybridized carbons (Fsp3) is 0.167. The average molecular weight is 308 g/mol. The summed E-state index contributed by atoms with van der Waals surface area (Å²) in [4.78, 5) is 39.2. The zero-order valence-electron chi connectivity index (χ0n) is 12.9. The molecule has 2 aromatic carbocycles. The molecule has 0 radical (unpaired) electrons. The first kappa shape index (κ1) is 15.0. The molecule has 23 heavy (non-hydrogen) atoms. The first-order valence-electron chi connectivity index (χ1n) is 7.25. The summed E-state index contributed by atoms with van der Waals surface area (Å²) in [5, 5.41) is 0. The van der Waals surface area contributed by atoms with Crippen molar-refractivity contribution in [3.8, 4) is 0 Å². The molecule has 3 amide bonds. The van der Waals surface area contributed by atoms with Crippen LogP contribution in [0.3, 0.4) is 0 Å². The number of nitrogens with zero attached hydrogens (tertiary/aromatic N) is 2. The maximum absolute atomic E-state index is 12.3. The molecule has 1 aliphatic heterocycles. The highest BCUT2D eigenvalue weighted by atomic mass is 16.2. The highest BCUT2D eigenvalue weighted by Gasteiger charge is 2.34. The van der Waals surface area contributed by atoms with Crippen LogP contribution in [0.15, 0.2) is 48.5 Å². The number of amides is 3. The third kappa shape index (κ3) is 2.61. The van der Waals surface area contributed by atoms with E-state index in [0.29, 0.717) is 16.7 Å². The normalized spacial score (nSPS) is 13.2. The zero-order valence-corrected chi connectivity index (χ0v) is 12.9. The highest BCUT2D eigenvalue weighted by molar-refractivity contribution is 6.21. The first-order chi connectivity index (χ1) is 11.0. The second-order valence-corrected chi connectivity index (χ2v) is 5.64. The summed E-state index contributed by atoms with van der Waals surface area (Å²) in [6.07, 6.45) is 0. The van der Waals surface area contributed by atoms with Crippen LogP contribution in [0.5, 0.6) is 0 Å². The summed E-state index contributed by atoms with van der Waals surface area (Å²) in [5.41, 5.74) is 2.25. The fourth-order valence-corrected chi connectivity index (χ4v) is 2.58. The van der Waals surface area contributed by atoms with Crippen molar-refractivity contribution < 1.29 is 14.4 Å². The lowest BCUT2D eigenvalue weighted by Crippen LogP contribution is -2.29. The van der Waals surface area contributed by atoms with Gasteiger partial charge in [0.2, 0.25) is 0 Å². The lowest BCUT2D eigenvalue weighted by molar-refractivity contribution is 0.0641. The molecule has 5 heteroatoms. The minimum atomic E-state index is -0.279. The van der Waals surface area contributed by atoms with E-state index in [1.165, 1.54) is 9.80 Å². The lowest BCUT2D eigenvalue weighted by Gasteiger charge is -2.15. The Labute approximate surface area is 134 Å². The van der Waals surface area contributed by atoms with Gasteiger partial charge >= 0.3 is 0 Å². The molecule has 5 nitrogen and oxygen atoms in total. The van der Waals surface area contributed by atoms with E-state index >= 15 is 0 Å². The van der Waals surface area contributed by atoms with Crippen LogP contribution >= 0.6 is 0 Å². The highest BCUT2D eigenvalue weighted by Crippen LogP contribution is 2.24. The Morgan fingerprint density at radius 1 is 0.913 bits per heavy atom. The van der Waals surface area contributed by atoms with Gasteiger partial charge in [0, 0.05) is 19.7 Å². The van der Waals surface area contributed by atoms with E-state index in [0.717, 1.165) is 5.56 Å². The van der Waals surface area contributed by atoms with Crippen LogP contribution in [0.25, 0.3) is 0 Å². The molecule has 0 aliphatic carbocycles. The van der Waals surface area contributed by atoms with Gasteiger partial charge in [0.1, 0.15) is 0 Å². The van der Waals surface area contributed by atoms with E-state index in [4.69, 9.17) is 0 Å². The molecule has 0 aromatic heterocycles. The largest absolute Gasteiger partial charge is 0.345 e. The van der Waals surface area contributed by atoms with Gasteiger partial charge < -0.3 is 4.90 Å². The number of hydrogen-bond acceptors (Lipinski definition) is 3. The number of carbonyl (C=O) groups excluding carboxylic acids is 3. The number of benzene rings is 2. The zero-order chi connectivity index (χ0) is 16.6. The summed E-state index contributed by atoms with van der Waals surface area (Å²) in [6.45, 7) is 0.197. The Morgan fingerprint density at radius 3 is 1.91 bits per heavy atom. The van der Waals surface area contributed by atoms with Crippen LogP contribution in [0, 0.1) is 0 Å². The van der Waals surface area contributed by atoms with Crippen molar-refractivity contribution in [3.05, 3.63) is 70.8 Å². The molecular formula is C18H16N2O3. The van der Waals surface area contributed by atoms with Crippen molar-refractivity contribution in [2.45, 2.75) is 6.54 Å². The molecule has 116 valence electrons. The molecule has 0 N–H and O–H groups in total. The third-order valence-corrected chi connectivity index (χ3v) is 3.83. The van der Waals surface area contributed by atoms with Crippen LogP contribution in [0.2, 0.25) is 0 Å². The Hall–Kier alpha value is -2.95. The molecule has 1 aliphatic rings. The standard InChI is InChI=1S/C18H16N2O3/c1-19(2)16(21)13-9-7-12(8-10-13)11-20-17(22)14-5-3-4-6-15(14)18(20)23/h3-10H,11H2,1-2H3. The number of rotatable bonds is 3. The van der Waals surface area contributed by atoms with Crippen LogP contribution < -0.4 is 0 Å². The van der Waals surface area contributed by atoms with Gasteiger partial charge in [-0.2, -0.15) is 0 Å². The summed E-state index contributed by atoms with van der Waals surface area (Å²) in [7, 11) is 3.38. The van der Waals surface area contributed by atoms with Gasteiger partial charge in [-0.3, -0.25) is 19.3 Å². The molecule has 0 fully saturated rings. The van der Waals surface area contributed by atoms with Gasteiger partial charge in [0.15, 0.2) is 0 Å². The second-order valence-electron chi connectivity index (χ2n) is 5.64. The topological polar surface area (TPSA) is 57.7 Å². The lowest BCUT2D eigenvalue weighted by atomic mass is 10.1. The Kier molecular flexibility index (Phi) is 3.70. The van der Waals surface area contributed by atoms with E-state index in [2.05, 4.69) is 0 Å². The van der Waals surface area contributed by atoms with E-state index in [1.807, 2.05) is 0 Å². The minimum absolute atomic E-state index is 0.0859. The quantitative estimate of drug-likeness (QED) is 0.817. The van der Waals surface area contributed by atoms with Crippen molar-refractivity contribution in [1.82, 2.24) is 9.80 Å². The fourth-order valence-electron chi connectivity index (χ4n) is 2.58. The van der Waals surface area contributed by atoms with E-state index in [-0.39, 0.29) is 24.3 Å². The van der Waals surface area contributed by atoms with Gasteiger partial charge in [-0.25, -0.2) is 0 Å². The Morgan fingerprint density at radius 2 is 1.43 bits per heavy atom. The SMILES string of the molecule is CN(C)C(=O)c1ccc(CN2C(=O)c3ccccc3C2=O)cc1. The maximum atomic E-state index is 12.3. The van der Waals surface area contributed by atoms with Crippen LogP contribution in [-0.2, 0) is 6.54 Å². The Balaban J connectivity index is 1.80. The molecule has 2 aromatic rings. The number of imide groups is 1. The van der Waals surface area contributed by atoms with Gasteiger partial charge in [0.25, 0.3) is 17.7 Å². The van der Waals surface area contributed by atoms with Gasteiger partial charge in [-0.15, -0.1) is 0 Å². The van der Waals surface area contributed by atoms with Crippen molar-refractivity contribution in [3.63, 3.8) is 0 Å². The van der Waals surface area contributed by atoms with E-state index in [9.17, 15) is 14.4 Å². The summed E-state index contributed by atoms with van der Waals surface area (Å²) in [6, 6.07) is 13.7. The van der Waals surface area contributed by atoms with E-state index in [1.54, 1.807) is 62.6 Å². The second kappa shape index (κ2) is 5.68. The van der Waals surface area contributed by atoms with Crippen molar-refractivity contribution in [2.75, 3.05) is 14.1 Å². The summed E-state index contributed by atoms with van der Waals surface area (Å²) in [5.74, 6) is -0.643. The predicted molar refractivity (Wildman–Crippen MR) is 85.1 cm³/mol. The molecular weight excluding hydrogens is 292 g/mol. The van der Waals surface area contributed by atoms with Gasteiger partial charge in [-0.1, -0.05) is 24.3 Å².